The van der Waals surface area contributed by atoms with Crippen LogP contribution in [0, 0.1) is 17.3 Å². The van der Waals surface area contributed by atoms with Crippen molar-refractivity contribution in [2.45, 2.75) is 52.7 Å². The largest absolute Gasteiger partial charge is 0.481 e. The van der Waals surface area contributed by atoms with Crippen molar-refractivity contribution in [3.8, 4) is 0 Å². The molecule has 0 radical (unpaired) electrons. The van der Waals surface area contributed by atoms with Crippen LogP contribution in [0.1, 0.15) is 41.5 Å². The Hall–Kier alpha value is -1.10. The molecule has 0 aromatic rings. The van der Waals surface area contributed by atoms with Crippen LogP contribution in [-0.2, 0) is 14.3 Å². The van der Waals surface area contributed by atoms with E-state index in [1.165, 1.54) is 0 Å². The lowest BCUT2D eigenvalue weighted by molar-refractivity contribution is -0.189. The van der Waals surface area contributed by atoms with Crippen molar-refractivity contribution >= 4 is 11.9 Å². The first-order chi connectivity index (χ1) is 8.87. The van der Waals surface area contributed by atoms with Gasteiger partial charge in [0.2, 0.25) is 5.91 Å². The standard InChI is InChI=1S/C15H25NO4/c1-13(2)7-16(8-14(3,4)20-13)11(17)9-10(12(18)19)15(9,5)6/h9-10H,7-8H2,1-6H3,(H,18,19)/t9-,10+/m1/s1. The van der Waals surface area contributed by atoms with Crippen LogP contribution in [0.25, 0.3) is 0 Å². The number of aliphatic carboxylic acids is 1. The van der Waals surface area contributed by atoms with Crippen LogP contribution in [0.5, 0.6) is 0 Å². The number of carboxylic acid groups (broad SMARTS) is 1. The number of carbonyl (C=O) groups excluding carboxylic acids is 1. The first-order valence-electron chi connectivity index (χ1n) is 7.09. The van der Waals surface area contributed by atoms with Crippen molar-refractivity contribution in [1.82, 2.24) is 4.90 Å². The molecule has 1 N–H and O–H groups in total. The highest BCUT2D eigenvalue weighted by Crippen LogP contribution is 2.59. The van der Waals surface area contributed by atoms with Crippen LogP contribution in [0.3, 0.4) is 0 Å². The minimum atomic E-state index is -0.875. The lowest BCUT2D eigenvalue weighted by atomic mass is 9.98. The van der Waals surface area contributed by atoms with Gasteiger partial charge in [-0.1, -0.05) is 13.8 Å². The summed E-state index contributed by atoms with van der Waals surface area (Å²) in [6, 6.07) is 0. The zero-order valence-corrected chi connectivity index (χ0v) is 13.2. The molecule has 0 spiro atoms. The molecule has 5 heteroatoms. The van der Waals surface area contributed by atoms with E-state index in [0.29, 0.717) is 13.1 Å². The fourth-order valence-electron chi connectivity index (χ4n) is 3.70. The van der Waals surface area contributed by atoms with Gasteiger partial charge in [0.1, 0.15) is 0 Å². The summed E-state index contributed by atoms with van der Waals surface area (Å²) in [4.78, 5) is 25.7. The maximum absolute atomic E-state index is 12.7. The Morgan fingerprint density at radius 2 is 1.45 bits per heavy atom. The Morgan fingerprint density at radius 3 is 1.80 bits per heavy atom. The third-order valence-corrected chi connectivity index (χ3v) is 4.37. The van der Waals surface area contributed by atoms with Crippen LogP contribution in [0.4, 0.5) is 0 Å². The number of ether oxygens (including phenoxy) is 1. The molecule has 2 fully saturated rings. The van der Waals surface area contributed by atoms with Crippen molar-refractivity contribution in [2.75, 3.05) is 13.1 Å². The summed E-state index contributed by atoms with van der Waals surface area (Å²) in [5.41, 5.74) is -1.26. The van der Waals surface area contributed by atoms with Gasteiger partial charge in [-0.05, 0) is 33.1 Å². The first kappa shape index (κ1) is 15.3. The Labute approximate surface area is 120 Å². The predicted molar refractivity (Wildman–Crippen MR) is 74.2 cm³/mol. The highest BCUT2D eigenvalue weighted by Gasteiger charge is 2.67. The van der Waals surface area contributed by atoms with E-state index in [4.69, 9.17) is 4.74 Å². The second-order valence-electron chi connectivity index (χ2n) is 7.93. The molecule has 1 aliphatic heterocycles. The van der Waals surface area contributed by atoms with E-state index >= 15 is 0 Å². The summed E-state index contributed by atoms with van der Waals surface area (Å²) in [7, 11) is 0. The third kappa shape index (κ3) is 2.55. The molecule has 1 amide bonds. The maximum atomic E-state index is 12.7. The molecular weight excluding hydrogens is 258 g/mol. The first-order valence-corrected chi connectivity index (χ1v) is 7.09. The number of amides is 1. The van der Waals surface area contributed by atoms with Gasteiger partial charge < -0.3 is 14.7 Å². The van der Waals surface area contributed by atoms with Crippen molar-refractivity contribution in [1.29, 1.82) is 0 Å². The van der Waals surface area contributed by atoms with E-state index in [2.05, 4.69) is 0 Å². The molecule has 1 saturated carbocycles. The maximum Gasteiger partial charge on any atom is 0.307 e. The lowest BCUT2D eigenvalue weighted by Gasteiger charge is -2.47. The average molecular weight is 283 g/mol. The smallest absolute Gasteiger partial charge is 0.307 e. The van der Waals surface area contributed by atoms with Gasteiger partial charge in [-0.25, -0.2) is 0 Å². The van der Waals surface area contributed by atoms with Crippen molar-refractivity contribution < 1.29 is 19.4 Å². The average Bonchev–Trinajstić information content (AvgIpc) is 2.75. The second kappa shape index (κ2) is 4.20. The van der Waals surface area contributed by atoms with E-state index < -0.39 is 34.4 Å². The molecule has 0 bridgehead atoms. The number of morpholine rings is 1. The van der Waals surface area contributed by atoms with Crippen molar-refractivity contribution in [2.24, 2.45) is 17.3 Å². The van der Waals surface area contributed by atoms with Gasteiger partial charge in [0.15, 0.2) is 0 Å². The zero-order valence-electron chi connectivity index (χ0n) is 13.2. The number of carboxylic acids is 1. The molecule has 0 unspecified atom stereocenters. The molecule has 1 aliphatic carbocycles. The Kier molecular flexibility index (Phi) is 3.21. The molecule has 20 heavy (non-hydrogen) atoms. The molecule has 2 rings (SSSR count). The van der Waals surface area contributed by atoms with Crippen LogP contribution < -0.4 is 0 Å². The van der Waals surface area contributed by atoms with Crippen LogP contribution >= 0.6 is 0 Å². The van der Waals surface area contributed by atoms with E-state index in [-0.39, 0.29) is 5.91 Å². The topological polar surface area (TPSA) is 66.8 Å². The highest BCUT2D eigenvalue weighted by atomic mass is 16.5. The van der Waals surface area contributed by atoms with E-state index in [0.717, 1.165) is 0 Å². The van der Waals surface area contributed by atoms with Crippen molar-refractivity contribution in [3.05, 3.63) is 0 Å². The summed E-state index contributed by atoms with van der Waals surface area (Å²) in [6.45, 7) is 12.6. The third-order valence-electron chi connectivity index (χ3n) is 4.37. The van der Waals surface area contributed by atoms with Crippen LogP contribution in [0.2, 0.25) is 0 Å². The van der Waals surface area contributed by atoms with Crippen molar-refractivity contribution in [3.63, 3.8) is 0 Å². The monoisotopic (exact) mass is 283 g/mol. The van der Waals surface area contributed by atoms with E-state index in [1.807, 2.05) is 41.5 Å². The van der Waals surface area contributed by atoms with Gasteiger partial charge in [0.25, 0.3) is 0 Å². The molecule has 1 saturated heterocycles. The van der Waals surface area contributed by atoms with Gasteiger partial charge in [-0.2, -0.15) is 0 Å². The van der Waals surface area contributed by atoms with Gasteiger partial charge in [0, 0.05) is 13.1 Å². The Morgan fingerprint density at radius 1 is 1.00 bits per heavy atom. The molecule has 114 valence electrons. The molecule has 1 heterocycles. The molecule has 0 aromatic heterocycles. The highest BCUT2D eigenvalue weighted by molar-refractivity contribution is 5.91. The second-order valence-corrected chi connectivity index (χ2v) is 7.93. The molecular formula is C15H25NO4. The summed E-state index contributed by atoms with van der Waals surface area (Å²) in [5, 5.41) is 9.22. The predicted octanol–water partition coefficient (Wildman–Crippen LogP) is 1.76. The minimum absolute atomic E-state index is 0.0492. The summed E-state index contributed by atoms with van der Waals surface area (Å²) < 4.78 is 5.96. The number of nitrogens with zero attached hydrogens (tertiary/aromatic N) is 1. The molecule has 0 aromatic carbocycles. The van der Waals surface area contributed by atoms with E-state index in [1.54, 1.807) is 4.90 Å². The minimum Gasteiger partial charge on any atom is -0.481 e. The Balaban J connectivity index is 2.16. The SMILES string of the molecule is CC1(C)CN(C(=O)[C@H]2[C@@H](C(=O)O)C2(C)C)CC(C)(C)O1. The molecule has 2 atom stereocenters. The number of rotatable bonds is 2. The fraction of sp³-hybridized carbons (Fsp3) is 0.867. The van der Waals surface area contributed by atoms with Crippen LogP contribution in [0.15, 0.2) is 0 Å². The quantitative estimate of drug-likeness (QED) is 0.838. The number of hydrogen-bond acceptors (Lipinski definition) is 3. The zero-order chi connectivity index (χ0) is 15.5. The summed E-state index contributed by atoms with van der Waals surface area (Å²) >= 11 is 0. The lowest BCUT2D eigenvalue weighted by Crippen LogP contribution is -2.59. The van der Waals surface area contributed by atoms with Gasteiger partial charge in [0.05, 0.1) is 23.0 Å². The van der Waals surface area contributed by atoms with Gasteiger partial charge >= 0.3 is 5.97 Å². The summed E-state index contributed by atoms with van der Waals surface area (Å²) in [6.07, 6.45) is 0. The fourth-order valence-corrected chi connectivity index (χ4v) is 3.70. The normalized spacial score (nSPS) is 33.6. The van der Waals surface area contributed by atoms with Crippen LogP contribution in [-0.4, -0.2) is 46.2 Å². The van der Waals surface area contributed by atoms with E-state index in [9.17, 15) is 14.7 Å². The summed E-state index contributed by atoms with van der Waals surface area (Å²) in [5.74, 6) is -1.90. The molecule has 5 nitrogen and oxygen atoms in total. The van der Waals surface area contributed by atoms with Gasteiger partial charge in [-0.15, -0.1) is 0 Å². The van der Waals surface area contributed by atoms with Gasteiger partial charge in [-0.3, -0.25) is 9.59 Å². The molecule has 2 aliphatic rings. The Bertz CT molecular complexity index is 437. The number of hydrogen-bond donors (Lipinski definition) is 1. The number of carbonyl (C=O) groups is 2.